The van der Waals surface area contributed by atoms with Gasteiger partial charge in [-0.2, -0.15) is 0 Å². The normalized spacial score (nSPS) is 12.9. The van der Waals surface area contributed by atoms with Crippen LogP contribution in [0, 0.1) is 5.92 Å². The maximum absolute atomic E-state index is 5.93. The molecular weight excluding hydrogens is 453 g/mol. The molecule has 0 bridgehead atoms. The lowest BCUT2D eigenvalue weighted by molar-refractivity contribution is 0.485. The van der Waals surface area contributed by atoms with E-state index in [1.54, 1.807) is 7.05 Å². The Kier molecular flexibility index (Phi) is 7.70. The second-order valence-electron chi connectivity index (χ2n) is 6.87. The summed E-state index contributed by atoms with van der Waals surface area (Å²) in [5.74, 6) is 3.18. The number of para-hydroxylation sites is 1. The molecule has 3 rings (SSSR count). The minimum Gasteiger partial charge on any atom is -0.459 e. The van der Waals surface area contributed by atoms with Crippen molar-refractivity contribution in [3.8, 4) is 0 Å². The number of benzene rings is 1. The van der Waals surface area contributed by atoms with Gasteiger partial charge in [-0.05, 0) is 25.0 Å². The zero-order valence-corrected chi connectivity index (χ0v) is 18.6. The van der Waals surface area contributed by atoms with E-state index in [0.29, 0.717) is 12.5 Å². The first kappa shape index (κ1) is 21.3. The first-order valence-electron chi connectivity index (χ1n) is 9.02. The Morgan fingerprint density at radius 3 is 2.74 bits per heavy atom. The summed E-state index contributed by atoms with van der Waals surface area (Å²) in [6.07, 6.45) is 3.86. The average Bonchev–Trinajstić information content (AvgIpc) is 3.24. The van der Waals surface area contributed by atoms with Crippen molar-refractivity contribution < 1.29 is 4.42 Å². The summed E-state index contributed by atoms with van der Waals surface area (Å²) in [6.45, 7) is 8.04. The number of hydrogen-bond donors (Lipinski definition) is 2. The van der Waals surface area contributed by atoms with Gasteiger partial charge < -0.3 is 19.6 Å². The van der Waals surface area contributed by atoms with E-state index in [1.165, 1.54) is 0 Å². The molecule has 0 saturated carbocycles. The van der Waals surface area contributed by atoms with Crippen LogP contribution in [-0.2, 0) is 13.1 Å². The van der Waals surface area contributed by atoms with E-state index < -0.39 is 0 Å². The molecule has 0 aliphatic heterocycles. The number of furan rings is 1. The van der Waals surface area contributed by atoms with Crippen LogP contribution in [0.1, 0.15) is 38.4 Å². The summed E-state index contributed by atoms with van der Waals surface area (Å²) >= 11 is 0. The van der Waals surface area contributed by atoms with Crippen LogP contribution >= 0.6 is 24.0 Å². The smallest absolute Gasteiger partial charge is 0.191 e. The van der Waals surface area contributed by atoms with E-state index in [0.717, 1.165) is 35.1 Å². The molecular formula is C20H28IN5O. The lowest BCUT2D eigenvalue weighted by atomic mass is 10.2. The van der Waals surface area contributed by atoms with E-state index in [9.17, 15) is 0 Å². The summed E-state index contributed by atoms with van der Waals surface area (Å²) in [5.41, 5.74) is 0.898. The Balaban J connectivity index is 0.00000261. The fourth-order valence-corrected chi connectivity index (χ4v) is 2.92. The van der Waals surface area contributed by atoms with Crippen LogP contribution in [0.3, 0.4) is 0 Å². The lowest BCUT2D eigenvalue weighted by Gasteiger charge is -2.17. The number of aliphatic imine (C=N–C) groups is 1. The molecule has 146 valence electrons. The van der Waals surface area contributed by atoms with Gasteiger partial charge in [0.15, 0.2) is 5.96 Å². The van der Waals surface area contributed by atoms with E-state index >= 15 is 0 Å². The van der Waals surface area contributed by atoms with E-state index in [1.807, 2.05) is 30.6 Å². The van der Waals surface area contributed by atoms with Gasteiger partial charge in [0.2, 0.25) is 0 Å². The van der Waals surface area contributed by atoms with Crippen LogP contribution in [0.5, 0.6) is 0 Å². The second-order valence-corrected chi connectivity index (χ2v) is 6.87. The first-order chi connectivity index (χ1) is 12.6. The third-order valence-corrected chi connectivity index (χ3v) is 4.23. The van der Waals surface area contributed by atoms with Crippen LogP contribution in [-0.4, -0.2) is 22.6 Å². The predicted molar refractivity (Wildman–Crippen MR) is 120 cm³/mol. The van der Waals surface area contributed by atoms with Crippen molar-refractivity contribution in [2.24, 2.45) is 10.9 Å². The Morgan fingerprint density at radius 1 is 1.26 bits per heavy atom. The number of imidazole rings is 1. The van der Waals surface area contributed by atoms with E-state index in [2.05, 4.69) is 58.1 Å². The maximum atomic E-state index is 5.93. The van der Waals surface area contributed by atoms with Gasteiger partial charge in [0.1, 0.15) is 17.2 Å². The Hall–Kier alpha value is -2.03. The minimum atomic E-state index is 0. The molecule has 0 aliphatic rings. The number of fused-ring (bicyclic) bond motifs is 1. The Morgan fingerprint density at radius 2 is 2.04 bits per heavy atom. The van der Waals surface area contributed by atoms with Crippen molar-refractivity contribution in [3.63, 3.8) is 0 Å². The highest BCUT2D eigenvalue weighted by molar-refractivity contribution is 14.0. The van der Waals surface area contributed by atoms with Crippen LogP contribution in [0.15, 0.2) is 52.1 Å². The molecule has 0 amide bonds. The minimum absolute atomic E-state index is 0. The zero-order chi connectivity index (χ0) is 18.5. The van der Waals surface area contributed by atoms with Gasteiger partial charge in [0.25, 0.3) is 0 Å². The predicted octanol–water partition coefficient (Wildman–Crippen LogP) is 4.33. The molecule has 0 aliphatic carbocycles. The molecule has 0 spiro atoms. The van der Waals surface area contributed by atoms with Crippen LogP contribution in [0.2, 0.25) is 0 Å². The van der Waals surface area contributed by atoms with Gasteiger partial charge in [0.05, 0.1) is 12.6 Å². The molecule has 7 heteroatoms. The third kappa shape index (κ3) is 5.47. The molecule has 2 N–H and O–H groups in total. The van der Waals surface area contributed by atoms with E-state index in [4.69, 9.17) is 4.42 Å². The highest BCUT2D eigenvalue weighted by Crippen LogP contribution is 2.23. The molecule has 0 fully saturated rings. The van der Waals surface area contributed by atoms with Gasteiger partial charge >= 0.3 is 0 Å². The Labute approximate surface area is 177 Å². The fourth-order valence-electron chi connectivity index (χ4n) is 2.92. The number of nitrogens with zero attached hydrogens (tertiary/aromatic N) is 3. The van der Waals surface area contributed by atoms with E-state index in [-0.39, 0.29) is 30.0 Å². The van der Waals surface area contributed by atoms with Gasteiger partial charge in [0, 0.05) is 31.4 Å². The molecule has 6 nitrogen and oxygen atoms in total. The molecule has 0 saturated heterocycles. The summed E-state index contributed by atoms with van der Waals surface area (Å²) in [4.78, 5) is 8.75. The van der Waals surface area contributed by atoms with Gasteiger partial charge in [-0.1, -0.05) is 32.0 Å². The van der Waals surface area contributed by atoms with Gasteiger partial charge in [-0.3, -0.25) is 4.99 Å². The summed E-state index contributed by atoms with van der Waals surface area (Å²) in [7, 11) is 1.77. The molecule has 2 heterocycles. The number of aromatic nitrogens is 2. The zero-order valence-electron chi connectivity index (χ0n) is 16.3. The Bertz CT molecular complexity index is 850. The summed E-state index contributed by atoms with van der Waals surface area (Å²) in [6, 6.07) is 10.1. The third-order valence-electron chi connectivity index (χ3n) is 4.23. The van der Waals surface area contributed by atoms with Gasteiger partial charge in [-0.25, -0.2) is 4.98 Å². The standard InChI is InChI=1S/C20H27N5O.HI/c1-14(2)13-25-10-9-22-19(25)12-23-20(21-4)24-15(3)18-11-16-7-5-6-8-17(16)26-18;/h5-11,14-15H,12-13H2,1-4H3,(H2,21,23,24);1H. The molecule has 3 aromatic rings. The monoisotopic (exact) mass is 481 g/mol. The lowest BCUT2D eigenvalue weighted by Crippen LogP contribution is -2.38. The average molecular weight is 481 g/mol. The van der Waals surface area contributed by atoms with Crippen LogP contribution < -0.4 is 10.6 Å². The van der Waals surface area contributed by atoms with Crippen molar-refractivity contribution in [1.29, 1.82) is 0 Å². The van der Waals surface area contributed by atoms with Crippen molar-refractivity contribution >= 4 is 40.9 Å². The maximum Gasteiger partial charge on any atom is 0.191 e. The van der Waals surface area contributed by atoms with Crippen molar-refractivity contribution in [3.05, 3.63) is 54.3 Å². The van der Waals surface area contributed by atoms with Crippen LogP contribution in [0.4, 0.5) is 0 Å². The first-order valence-corrected chi connectivity index (χ1v) is 9.02. The fraction of sp³-hybridized carbons (Fsp3) is 0.400. The molecule has 0 radical (unpaired) electrons. The molecule has 27 heavy (non-hydrogen) atoms. The van der Waals surface area contributed by atoms with Crippen molar-refractivity contribution in [1.82, 2.24) is 20.2 Å². The quantitative estimate of drug-likeness (QED) is 0.313. The van der Waals surface area contributed by atoms with Crippen LogP contribution in [0.25, 0.3) is 11.0 Å². The molecule has 1 unspecified atom stereocenters. The summed E-state index contributed by atoms with van der Waals surface area (Å²) < 4.78 is 8.10. The highest BCUT2D eigenvalue weighted by Gasteiger charge is 2.13. The number of halogens is 1. The largest absolute Gasteiger partial charge is 0.459 e. The highest BCUT2D eigenvalue weighted by atomic mass is 127. The van der Waals surface area contributed by atoms with Gasteiger partial charge in [-0.15, -0.1) is 24.0 Å². The second kappa shape index (κ2) is 9.77. The number of rotatable bonds is 6. The topological polar surface area (TPSA) is 67.4 Å². The number of nitrogens with one attached hydrogen (secondary N) is 2. The van der Waals surface area contributed by atoms with Crippen molar-refractivity contribution in [2.75, 3.05) is 7.05 Å². The molecule has 1 aromatic carbocycles. The number of hydrogen-bond acceptors (Lipinski definition) is 3. The summed E-state index contributed by atoms with van der Waals surface area (Å²) in [5, 5.41) is 7.81. The number of guanidine groups is 1. The molecule has 1 atom stereocenters. The van der Waals surface area contributed by atoms with Crippen molar-refractivity contribution in [2.45, 2.75) is 39.9 Å². The molecule has 2 aromatic heterocycles. The SMILES string of the molecule is CN=C(NCc1nccn1CC(C)C)NC(C)c1cc2ccccc2o1.I.